The SMILES string of the molecule is Cc1cnc(N)nc1NCCCN(C)C. The van der Waals surface area contributed by atoms with E-state index in [-0.39, 0.29) is 0 Å². The molecule has 0 aliphatic rings. The van der Waals surface area contributed by atoms with Crippen molar-refractivity contribution < 1.29 is 0 Å². The molecule has 0 saturated heterocycles. The molecule has 3 N–H and O–H groups in total. The molecular formula is C10H19N5. The number of aromatic nitrogens is 2. The molecular weight excluding hydrogens is 190 g/mol. The Morgan fingerprint density at radius 3 is 2.87 bits per heavy atom. The van der Waals surface area contributed by atoms with Crippen LogP contribution in [0.4, 0.5) is 11.8 Å². The van der Waals surface area contributed by atoms with E-state index in [4.69, 9.17) is 5.73 Å². The Labute approximate surface area is 90.7 Å². The van der Waals surface area contributed by atoms with Crippen LogP contribution < -0.4 is 11.1 Å². The van der Waals surface area contributed by atoms with Gasteiger partial charge in [-0.15, -0.1) is 0 Å². The average molecular weight is 209 g/mol. The van der Waals surface area contributed by atoms with Crippen molar-refractivity contribution in [1.82, 2.24) is 14.9 Å². The van der Waals surface area contributed by atoms with Gasteiger partial charge < -0.3 is 16.0 Å². The maximum Gasteiger partial charge on any atom is 0.221 e. The number of rotatable bonds is 5. The number of aryl methyl sites for hydroxylation is 1. The normalized spacial score (nSPS) is 10.7. The summed E-state index contributed by atoms with van der Waals surface area (Å²) in [4.78, 5) is 10.2. The van der Waals surface area contributed by atoms with Crippen molar-refractivity contribution in [3.05, 3.63) is 11.8 Å². The summed E-state index contributed by atoms with van der Waals surface area (Å²) in [5.74, 6) is 1.15. The molecule has 0 aromatic carbocycles. The maximum atomic E-state index is 5.51. The molecule has 84 valence electrons. The average Bonchev–Trinajstić information content (AvgIpc) is 2.17. The maximum absolute atomic E-state index is 5.51. The predicted molar refractivity (Wildman–Crippen MR) is 62.8 cm³/mol. The highest BCUT2D eigenvalue weighted by molar-refractivity contribution is 5.44. The van der Waals surface area contributed by atoms with Crippen LogP contribution in [0.5, 0.6) is 0 Å². The fourth-order valence-electron chi connectivity index (χ4n) is 1.24. The Bertz CT molecular complexity index is 311. The van der Waals surface area contributed by atoms with Gasteiger partial charge in [0.15, 0.2) is 0 Å². The smallest absolute Gasteiger partial charge is 0.221 e. The van der Waals surface area contributed by atoms with Crippen molar-refractivity contribution in [1.29, 1.82) is 0 Å². The molecule has 0 aliphatic heterocycles. The molecule has 5 heteroatoms. The molecule has 0 amide bonds. The predicted octanol–water partition coefficient (Wildman–Crippen LogP) is 0.731. The lowest BCUT2D eigenvalue weighted by molar-refractivity contribution is 0.405. The van der Waals surface area contributed by atoms with Crippen LogP contribution in [-0.2, 0) is 0 Å². The van der Waals surface area contributed by atoms with Crippen molar-refractivity contribution in [3.8, 4) is 0 Å². The molecule has 0 unspecified atom stereocenters. The first-order chi connectivity index (χ1) is 7.09. The number of nitrogen functional groups attached to an aromatic ring is 1. The van der Waals surface area contributed by atoms with Crippen molar-refractivity contribution in [3.63, 3.8) is 0 Å². The van der Waals surface area contributed by atoms with Gasteiger partial charge in [-0.2, -0.15) is 4.98 Å². The molecule has 1 aromatic heterocycles. The Morgan fingerprint density at radius 1 is 1.47 bits per heavy atom. The summed E-state index contributed by atoms with van der Waals surface area (Å²) in [5, 5.41) is 3.25. The molecule has 0 saturated carbocycles. The van der Waals surface area contributed by atoms with Gasteiger partial charge in [0.2, 0.25) is 5.95 Å². The van der Waals surface area contributed by atoms with Crippen LogP contribution >= 0.6 is 0 Å². The van der Waals surface area contributed by atoms with E-state index in [9.17, 15) is 0 Å². The topological polar surface area (TPSA) is 67.1 Å². The van der Waals surface area contributed by atoms with Gasteiger partial charge in [-0.25, -0.2) is 4.98 Å². The van der Waals surface area contributed by atoms with Crippen molar-refractivity contribution in [2.75, 3.05) is 38.2 Å². The largest absolute Gasteiger partial charge is 0.370 e. The van der Waals surface area contributed by atoms with E-state index in [1.54, 1.807) is 6.20 Å². The standard InChI is InChI=1S/C10H19N5/c1-8-7-13-10(11)14-9(8)12-5-4-6-15(2)3/h7H,4-6H2,1-3H3,(H3,11,12,13,14). The van der Waals surface area contributed by atoms with E-state index in [0.29, 0.717) is 5.95 Å². The third kappa shape index (κ3) is 4.12. The van der Waals surface area contributed by atoms with Gasteiger partial charge in [0.25, 0.3) is 0 Å². The summed E-state index contributed by atoms with van der Waals surface area (Å²) in [6, 6.07) is 0. The van der Waals surface area contributed by atoms with Gasteiger partial charge in [-0.05, 0) is 34.0 Å². The minimum Gasteiger partial charge on any atom is -0.370 e. The number of anilines is 2. The summed E-state index contributed by atoms with van der Waals surface area (Å²) >= 11 is 0. The highest BCUT2D eigenvalue weighted by Crippen LogP contribution is 2.10. The van der Waals surface area contributed by atoms with Gasteiger partial charge in [0.05, 0.1) is 0 Å². The van der Waals surface area contributed by atoms with Crippen LogP contribution in [0, 0.1) is 6.92 Å². The van der Waals surface area contributed by atoms with Crippen molar-refractivity contribution >= 4 is 11.8 Å². The zero-order valence-corrected chi connectivity index (χ0v) is 9.62. The number of hydrogen-bond acceptors (Lipinski definition) is 5. The molecule has 15 heavy (non-hydrogen) atoms. The molecule has 0 bridgehead atoms. The summed E-state index contributed by atoms with van der Waals surface area (Å²) in [5.41, 5.74) is 6.53. The van der Waals surface area contributed by atoms with Crippen LogP contribution in [0.1, 0.15) is 12.0 Å². The van der Waals surface area contributed by atoms with Gasteiger partial charge >= 0.3 is 0 Å². The minimum absolute atomic E-state index is 0.315. The molecule has 0 aliphatic carbocycles. The zero-order valence-electron chi connectivity index (χ0n) is 9.62. The quantitative estimate of drug-likeness (QED) is 0.700. The second-order valence-electron chi connectivity index (χ2n) is 3.84. The van der Waals surface area contributed by atoms with E-state index in [2.05, 4.69) is 34.3 Å². The number of hydrogen-bond donors (Lipinski definition) is 2. The second-order valence-corrected chi connectivity index (χ2v) is 3.84. The lowest BCUT2D eigenvalue weighted by atomic mass is 10.3. The molecule has 0 radical (unpaired) electrons. The van der Waals surface area contributed by atoms with E-state index in [0.717, 1.165) is 30.9 Å². The van der Waals surface area contributed by atoms with Crippen LogP contribution in [0.15, 0.2) is 6.20 Å². The van der Waals surface area contributed by atoms with E-state index < -0.39 is 0 Å². The summed E-state index contributed by atoms with van der Waals surface area (Å²) < 4.78 is 0. The van der Waals surface area contributed by atoms with Gasteiger partial charge in [0, 0.05) is 18.3 Å². The fourth-order valence-corrected chi connectivity index (χ4v) is 1.24. The molecule has 1 aromatic rings. The molecule has 1 rings (SSSR count). The second kappa shape index (κ2) is 5.50. The van der Waals surface area contributed by atoms with Gasteiger partial charge in [-0.3, -0.25) is 0 Å². The third-order valence-corrected chi connectivity index (χ3v) is 2.06. The summed E-state index contributed by atoms with van der Waals surface area (Å²) in [6.45, 7) is 3.93. The molecule has 0 atom stereocenters. The van der Waals surface area contributed by atoms with E-state index in [1.807, 2.05) is 6.92 Å². The number of nitrogens with two attached hydrogens (primary N) is 1. The Balaban J connectivity index is 2.40. The lowest BCUT2D eigenvalue weighted by Gasteiger charge is -2.11. The highest BCUT2D eigenvalue weighted by atomic mass is 15.1. The highest BCUT2D eigenvalue weighted by Gasteiger charge is 2.00. The Morgan fingerprint density at radius 2 is 2.20 bits per heavy atom. The first-order valence-electron chi connectivity index (χ1n) is 5.07. The van der Waals surface area contributed by atoms with Crippen LogP contribution in [-0.4, -0.2) is 42.1 Å². The molecule has 5 nitrogen and oxygen atoms in total. The zero-order chi connectivity index (χ0) is 11.3. The Kier molecular flexibility index (Phi) is 4.30. The van der Waals surface area contributed by atoms with Crippen molar-refractivity contribution in [2.45, 2.75) is 13.3 Å². The molecule has 0 spiro atoms. The lowest BCUT2D eigenvalue weighted by Crippen LogP contribution is -2.17. The van der Waals surface area contributed by atoms with E-state index in [1.165, 1.54) is 0 Å². The van der Waals surface area contributed by atoms with Crippen LogP contribution in [0.25, 0.3) is 0 Å². The monoisotopic (exact) mass is 209 g/mol. The summed E-state index contributed by atoms with van der Waals surface area (Å²) in [6.07, 6.45) is 2.81. The first kappa shape index (κ1) is 11.7. The molecule has 1 heterocycles. The number of nitrogens with zero attached hydrogens (tertiary/aromatic N) is 3. The first-order valence-corrected chi connectivity index (χ1v) is 5.07. The van der Waals surface area contributed by atoms with Crippen molar-refractivity contribution in [2.24, 2.45) is 0 Å². The minimum atomic E-state index is 0.315. The fraction of sp³-hybridized carbons (Fsp3) is 0.600. The third-order valence-electron chi connectivity index (χ3n) is 2.06. The summed E-state index contributed by atoms with van der Waals surface area (Å²) in [7, 11) is 4.13. The van der Waals surface area contributed by atoms with Gasteiger partial charge in [0.1, 0.15) is 5.82 Å². The van der Waals surface area contributed by atoms with Crippen LogP contribution in [0.2, 0.25) is 0 Å². The van der Waals surface area contributed by atoms with E-state index >= 15 is 0 Å². The molecule has 0 fully saturated rings. The number of nitrogens with one attached hydrogen (secondary N) is 1. The Hall–Kier alpha value is -1.36. The van der Waals surface area contributed by atoms with Gasteiger partial charge in [-0.1, -0.05) is 0 Å². The van der Waals surface area contributed by atoms with Crippen LogP contribution in [0.3, 0.4) is 0 Å².